The molecule has 1 heterocycles. The summed E-state index contributed by atoms with van der Waals surface area (Å²) >= 11 is 3.03. The molecule has 0 aromatic heterocycles. The highest BCUT2D eigenvalue weighted by Gasteiger charge is 2.25. The summed E-state index contributed by atoms with van der Waals surface area (Å²) in [5, 5.41) is 9.76. The van der Waals surface area contributed by atoms with Crippen molar-refractivity contribution in [2.75, 3.05) is 13.2 Å². The molecule has 1 saturated heterocycles. The summed E-state index contributed by atoms with van der Waals surface area (Å²) in [5.41, 5.74) is 6.56. The Labute approximate surface area is 108 Å². The molecule has 1 fully saturated rings. The van der Waals surface area contributed by atoms with Crippen LogP contribution in [0.15, 0.2) is 16.6 Å². The molecule has 1 aliphatic rings. The lowest BCUT2D eigenvalue weighted by atomic mass is 9.87. The smallest absolute Gasteiger partial charge is 0.179 e. The van der Waals surface area contributed by atoms with Crippen molar-refractivity contribution in [3.8, 4) is 5.75 Å². The van der Waals surface area contributed by atoms with Gasteiger partial charge in [0.15, 0.2) is 11.6 Å². The standard InChI is InChI=1S/C12H15BrFNO2/c13-9-2-1-8(12(16)10(9)14)11(15)7-3-5-17-6-4-7/h1-2,7,11,16H,3-6,15H2/t11-/m1/s1. The van der Waals surface area contributed by atoms with Gasteiger partial charge in [0.25, 0.3) is 0 Å². The Morgan fingerprint density at radius 3 is 2.71 bits per heavy atom. The molecule has 5 heteroatoms. The summed E-state index contributed by atoms with van der Waals surface area (Å²) in [4.78, 5) is 0. The Hall–Kier alpha value is -0.650. The van der Waals surface area contributed by atoms with E-state index in [1.807, 2.05) is 0 Å². The zero-order valence-corrected chi connectivity index (χ0v) is 10.9. The van der Waals surface area contributed by atoms with E-state index in [1.165, 1.54) is 0 Å². The van der Waals surface area contributed by atoms with Gasteiger partial charge in [0, 0.05) is 24.8 Å². The number of halogens is 2. The van der Waals surface area contributed by atoms with Gasteiger partial charge in [-0.25, -0.2) is 4.39 Å². The van der Waals surface area contributed by atoms with E-state index >= 15 is 0 Å². The highest BCUT2D eigenvalue weighted by molar-refractivity contribution is 9.10. The van der Waals surface area contributed by atoms with Crippen LogP contribution in [-0.4, -0.2) is 18.3 Å². The van der Waals surface area contributed by atoms with Gasteiger partial charge in [-0.05, 0) is 40.8 Å². The largest absolute Gasteiger partial charge is 0.505 e. The second-order valence-electron chi connectivity index (χ2n) is 4.27. The van der Waals surface area contributed by atoms with Crippen molar-refractivity contribution in [1.29, 1.82) is 0 Å². The molecule has 0 amide bonds. The molecule has 0 aliphatic carbocycles. The quantitative estimate of drug-likeness (QED) is 0.883. The van der Waals surface area contributed by atoms with Crippen LogP contribution in [0, 0.1) is 11.7 Å². The normalized spacial score (nSPS) is 19.2. The number of phenols is 1. The molecule has 1 atom stereocenters. The first-order valence-electron chi connectivity index (χ1n) is 5.61. The van der Waals surface area contributed by atoms with Gasteiger partial charge in [0.2, 0.25) is 0 Å². The average Bonchev–Trinajstić information content (AvgIpc) is 2.36. The molecular formula is C12H15BrFNO2. The van der Waals surface area contributed by atoms with E-state index in [9.17, 15) is 9.50 Å². The van der Waals surface area contributed by atoms with E-state index in [0.717, 1.165) is 12.8 Å². The Morgan fingerprint density at radius 1 is 1.41 bits per heavy atom. The first kappa shape index (κ1) is 12.8. The molecule has 17 heavy (non-hydrogen) atoms. The summed E-state index contributed by atoms with van der Waals surface area (Å²) in [6.07, 6.45) is 1.69. The fourth-order valence-electron chi connectivity index (χ4n) is 2.15. The molecule has 3 N–H and O–H groups in total. The van der Waals surface area contributed by atoms with Crippen LogP contribution in [0.5, 0.6) is 5.75 Å². The van der Waals surface area contributed by atoms with Crippen molar-refractivity contribution in [3.63, 3.8) is 0 Å². The molecule has 1 aliphatic heterocycles. The summed E-state index contributed by atoms with van der Waals surface area (Å²) in [6, 6.07) is 2.90. The van der Waals surface area contributed by atoms with Crippen molar-refractivity contribution in [2.24, 2.45) is 11.7 Å². The van der Waals surface area contributed by atoms with Crippen molar-refractivity contribution >= 4 is 15.9 Å². The SMILES string of the molecule is N[C@@H](c1ccc(Br)c(F)c1O)C1CCOCC1. The Kier molecular flexibility index (Phi) is 4.01. The maximum atomic E-state index is 13.5. The van der Waals surface area contributed by atoms with Crippen molar-refractivity contribution in [3.05, 3.63) is 28.0 Å². The molecule has 0 radical (unpaired) electrons. The van der Waals surface area contributed by atoms with Crippen LogP contribution >= 0.6 is 15.9 Å². The van der Waals surface area contributed by atoms with Gasteiger partial charge in [-0.2, -0.15) is 0 Å². The second-order valence-corrected chi connectivity index (χ2v) is 5.13. The predicted molar refractivity (Wildman–Crippen MR) is 66.2 cm³/mol. The maximum Gasteiger partial charge on any atom is 0.179 e. The third kappa shape index (κ3) is 2.61. The second kappa shape index (κ2) is 5.33. The summed E-state index contributed by atoms with van der Waals surface area (Å²) in [6.45, 7) is 1.36. The zero-order chi connectivity index (χ0) is 12.4. The Bertz CT molecular complexity index is 408. The molecule has 94 valence electrons. The number of benzene rings is 1. The molecule has 1 aromatic rings. The lowest BCUT2D eigenvalue weighted by Gasteiger charge is -2.28. The van der Waals surface area contributed by atoms with Crippen LogP contribution in [0.1, 0.15) is 24.4 Å². The topological polar surface area (TPSA) is 55.5 Å². The van der Waals surface area contributed by atoms with Gasteiger partial charge in [-0.1, -0.05) is 6.07 Å². The number of nitrogens with two attached hydrogens (primary N) is 1. The van der Waals surface area contributed by atoms with E-state index in [2.05, 4.69) is 15.9 Å². The lowest BCUT2D eigenvalue weighted by Crippen LogP contribution is -2.27. The summed E-state index contributed by atoms with van der Waals surface area (Å²) in [5.74, 6) is -0.765. The Morgan fingerprint density at radius 2 is 2.06 bits per heavy atom. The first-order valence-corrected chi connectivity index (χ1v) is 6.40. The highest BCUT2D eigenvalue weighted by Crippen LogP contribution is 2.36. The van der Waals surface area contributed by atoms with Crippen LogP contribution in [-0.2, 0) is 4.74 Å². The Balaban J connectivity index is 2.24. The number of phenolic OH excluding ortho intramolecular Hbond substituents is 1. The molecule has 2 rings (SSSR count). The van der Waals surface area contributed by atoms with Crippen LogP contribution in [0.4, 0.5) is 4.39 Å². The fourth-order valence-corrected chi connectivity index (χ4v) is 2.47. The highest BCUT2D eigenvalue weighted by atomic mass is 79.9. The van der Waals surface area contributed by atoms with Gasteiger partial charge in [0.05, 0.1) is 4.47 Å². The minimum Gasteiger partial charge on any atom is -0.505 e. The van der Waals surface area contributed by atoms with E-state index in [-0.39, 0.29) is 22.2 Å². The van der Waals surface area contributed by atoms with Gasteiger partial charge in [-0.3, -0.25) is 0 Å². The van der Waals surface area contributed by atoms with E-state index in [1.54, 1.807) is 12.1 Å². The molecule has 3 nitrogen and oxygen atoms in total. The fraction of sp³-hybridized carbons (Fsp3) is 0.500. The minimum absolute atomic E-state index is 0.232. The van der Waals surface area contributed by atoms with Gasteiger partial charge < -0.3 is 15.6 Å². The van der Waals surface area contributed by atoms with E-state index in [0.29, 0.717) is 18.8 Å². The molecular weight excluding hydrogens is 289 g/mol. The number of hydrogen-bond acceptors (Lipinski definition) is 3. The van der Waals surface area contributed by atoms with Crippen molar-refractivity contribution in [2.45, 2.75) is 18.9 Å². The maximum absolute atomic E-state index is 13.5. The molecule has 0 spiro atoms. The van der Waals surface area contributed by atoms with Crippen LogP contribution in [0.25, 0.3) is 0 Å². The molecule has 0 saturated carbocycles. The van der Waals surface area contributed by atoms with Gasteiger partial charge in [0.1, 0.15) is 0 Å². The van der Waals surface area contributed by atoms with Crippen LogP contribution in [0.2, 0.25) is 0 Å². The first-order chi connectivity index (χ1) is 8.11. The zero-order valence-electron chi connectivity index (χ0n) is 9.33. The van der Waals surface area contributed by atoms with Gasteiger partial charge in [-0.15, -0.1) is 0 Å². The van der Waals surface area contributed by atoms with E-state index in [4.69, 9.17) is 10.5 Å². The third-order valence-electron chi connectivity index (χ3n) is 3.23. The van der Waals surface area contributed by atoms with E-state index < -0.39 is 5.82 Å². The van der Waals surface area contributed by atoms with Crippen molar-refractivity contribution < 1.29 is 14.2 Å². The third-order valence-corrected chi connectivity index (χ3v) is 3.85. The number of hydrogen-bond donors (Lipinski definition) is 2. The van der Waals surface area contributed by atoms with Crippen molar-refractivity contribution in [1.82, 2.24) is 0 Å². The molecule has 0 bridgehead atoms. The minimum atomic E-state index is -0.648. The molecule has 0 unspecified atom stereocenters. The monoisotopic (exact) mass is 303 g/mol. The predicted octanol–water partition coefficient (Wildman–Crippen LogP) is 2.72. The summed E-state index contributed by atoms with van der Waals surface area (Å²) < 4.78 is 19.0. The average molecular weight is 304 g/mol. The number of aromatic hydroxyl groups is 1. The van der Waals surface area contributed by atoms with Crippen LogP contribution in [0.3, 0.4) is 0 Å². The summed E-state index contributed by atoms with van der Waals surface area (Å²) in [7, 11) is 0. The van der Waals surface area contributed by atoms with Crippen LogP contribution < -0.4 is 5.73 Å². The van der Waals surface area contributed by atoms with Gasteiger partial charge >= 0.3 is 0 Å². The number of rotatable bonds is 2. The lowest BCUT2D eigenvalue weighted by molar-refractivity contribution is 0.0580. The molecule has 1 aromatic carbocycles. The number of ether oxygens (including phenoxy) is 1.